The first kappa shape index (κ1) is 17.0. The molecule has 0 atom stereocenters. The Morgan fingerprint density at radius 2 is 1.92 bits per heavy atom. The fourth-order valence-corrected chi connectivity index (χ4v) is 4.04. The van der Waals surface area contributed by atoms with Crippen LogP contribution in [0.2, 0.25) is 5.02 Å². The van der Waals surface area contributed by atoms with Crippen molar-refractivity contribution in [1.82, 2.24) is 4.98 Å². The maximum atomic E-state index is 12.4. The molecule has 0 unspecified atom stereocenters. The smallest absolute Gasteiger partial charge is 0.263 e. The monoisotopic (exact) mass is 365 g/mol. The van der Waals surface area contributed by atoms with E-state index < -0.39 is 10.0 Å². The van der Waals surface area contributed by atoms with Crippen molar-refractivity contribution in [1.29, 1.82) is 0 Å². The van der Waals surface area contributed by atoms with Gasteiger partial charge in [0.05, 0.1) is 16.8 Å². The number of hydrogen-bond donors (Lipinski definition) is 2. The van der Waals surface area contributed by atoms with E-state index in [4.69, 9.17) is 11.6 Å². The minimum Gasteiger partial charge on any atom is -0.381 e. The molecular weight excluding hydrogens is 346 g/mol. The molecule has 1 heterocycles. The highest BCUT2D eigenvalue weighted by Gasteiger charge is 2.17. The van der Waals surface area contributed by atoms with E-state index in [0.29, 0.717) is 22.4 Å². The molecule has 2 aromatic rings. The van der Waals surface area contributed by atoms with E-state index in [1.54, 1.807) is 31.3 Å². The van der Waals surface area contributed by atoms with Gasteiger partial charge in [-0.2, -0.15) is 0 Å². The van der Waals surface area contributed by atoms with Crippen LogP contribution in [0.4, 0.5) is 11.5 Å². The van der Waals surface area contributed by atoms with Crippen LogP contribution < -0.4 is 10.0 Å². The summed E-state index contributed by atoms with van der Waals surface area (Å²) in [5, 5.41) is 3.96. The second kappa shape index (κ2) is 6.99. The van der Waals surface area contributed by atoms with Crippen molar-refractivity contribution in [3.8, 4) is 0 Å². The van der Waals surface area contributed by atoms with E-state index in [9.17, 15) is 8.42 Å². The molecule has 0 spiro atoms. The minimum atomic E-state index is -3.68. The fourth-order valence-electron chi connectivity index (χ4n) is 2.83. The van der Waals surface area contributed by atoms with Crippen LogP contribution in [0, 0.1) is 6.92 Å². The SMILES string of the molecule is Cc1cc(S(=O)(=O)Nc2ccc(NC3CCCC3)cn2)ccc1Cl. The summed E-state index contributed by atoms with van der Waals surface area (Å²) in [6.45, 7) is 1.77. The molecule has 2 N–H and O–H groups in total. The van der Waals surface area contributed by atoms with Crippen LogP contribution >= 0.6 is 11.6 Å². The Labute approximate surface area is 147 Å². The standard InChI is InChI=1S/C17H20ClN3O2S/c1-12-10-15(7-8-16(12)18)24(22,23)21-17-9-6-14(11-19-17)20-13-4-2-3-5-13/h6-11,13,20H,2-5H2,1H3,(H,19,21). The molecule has 0 bridgehead atoms. The largest absolute Gasteiger partial charge is 0.381 e. The van der Waals surface area contributed by atoms with Crippen LogP contribution in [-0.2, 0) is 10.0 Å². The maximum Gasteiger partial charge on any atom is 0.263 e. The van der Waals surface area contributed by atoms with Crippen LogP contribution in [0.25, 0.3) is 0 Å². The Morgan fingerprint density at radius 3 is 2.54 bits per heavy atom. The molecule has 7 heteroatoms. The predicted octanol–water partition coefficient (Wildman–Crippen LogP) is 4.20. The number of rotatable bonds is 5. The molecule has 0 amide bonds. The number of halogens is 1. The van der Waals surface area contributed by atoms with Gasteiger partial charge < -0.3 is 5.32 Å². The van der Waals surface area contributed by atoms with Gasteiger partial charge in [-0.3, -0.25) is 4.72 Å². The number of benzene rings is 1. The van der Waals surface area contributed by atoms with Gasteiger partial charge in [-0.05, 0) is 55.7 Å². The summed E-state index contributed by atoms with van der Waals surface area (Å²) in [4.78, 5) is 4.36. The van der Waals surface area contributed by atoms with Crippen LogP contribution in [0.15, 0.2) is 41.4 Å². The first-order chi connectivity index (χ1) is 11.4. The molecule has 3 rings (SSSR count). The van der Waals surface area contributed by atoms with Crippen molar-refractivity contribution in [2.24, 2.45) is 0 Å². The summed E-state index contributed by atoms with van der Waals surface area (Å²) in [7, 11) is -3.68. The maximum absolute atomic E-state index is 12.4. The number of nitrogens with one attached hydrogen (secondary N) is 2. The normalized spacial score (nSPS) is 15.4. The average Bonchev–Trinajstić information content (AvgIpc) is 3.04. The number of nitrogens with zero attached hydrogens (tertiary/aromatic N) is 1. The lowest BCUT2D eigenvalue weighted by atomic mass is 10.2. The second-order valence-electron chi connectivity index (χ2n) is 6.07. The molecule has 1 saturated carbocycles. The Bertz CT molecular complexity index is 816. The van der Waals surface area contributed by atoms with Gasteiger partial charge in [0.2, 0.25) is 0 Å². The number of pyridine rings is 1. The summed E-state index contributed by atoms with van der Waals surface area (Å²) in [5.74, 6) is 0.291. The third kappa shape index (κ3) is 3.99. The Balaban J connectivity index is 1.71. The van der Waals surface area contributed by atoms with Crippen molar-refractivity contribution in [3.63, 3.8) is 0 Å². The van der Waals surface area contributed by atoms with Crippen LogP contribution in [-0.4, -0.2) is 19.4 Å². The zero-order chi connectivity index (χ0) is 17.2. The van der Waals surface area contributed by atoms with Gasteiger partial charge in [-0.1, -0.05) is 24.4 Å². The van der Waals surface area contributed by atoms with E-state index in [-0.39, 0.29) is 4.90 Å². The number of aromatic nitrogens is 1. The van der Waals surface area contributed by atoms with Gasteiger partial charge in [0.25, 0.3) is 10.0 Å². The second-order valence-corrected chi connectivity index (χ2v) is 8.16. The predicted molar refractivity (Wildman–Crippen MR) is 97.1 cm³/mol. The van der Waals surface area contributed by atoms with Gasteiger partial charge in [0.1, 0.15) is 5.82 Å². The van der Waals surface area contributed by atoms with Crippen LogP contribution in [0.5, 0.6) is 0 Å². The molecular formula is C17H20ClN3O2S. The number of hydrogen-bond acceptors (Lipinski definition) is 4. The molecule has 0 aliphatic heterocycles. The molecule has 5 nitrogen and oxygen atoms in total. The molecule has 1 aromatic heterocycles. The van der Waals surface area contributed by atoms with Crippen molar-refractivity contribution in [2.75, 3.05) is 10.0 Å². The fraction of sp³-hybridized carbons (Fsp3) is 0.353. The zero-order valence-electron chi connectivity index (χ0n) is 13.4. The highest BCUT2D eigenvalue weighted by Crippen LogP contribution is 2.24. The van der Waals surface area contributed by atoms with Crippen molar-refractivity contribution in [3.05, 3.63) is 47.1 Å². The topological polar surface area (TPSA) is 71.1 Å². The molecule has 24 heavy (non-hydrogen) atoms. The summed E-state index contributed by atoms with van der Waals surface area (Å²) in [6, 6.07) is 8.60. The highest BCUT2D eigenvalue weighted by molar-refractivity contribution is 7.92. The molecule has 1 aromatic carbocycles. The lowest BCUT2D eigenvalue weighted by Crippen LogP contribution is -2.16. The quantitative estimate of drug-likeness (QED) is 0.833. The lowest BCUT2D eigenvalue weighted by molar-refractivity contribution is 0.601. The first-order valence-corrected chi connectivity index (χ1v) is 9.82. The Kier molecular flexibility index (Phi) is 4.96. The van der Waals surface area contributed by atoms with Crippen molar-refractivity contribution < 1.29 is 8.42 Å². The van der Waals surface area contributed by atoms with Crippen LogP contribution in [0.1, 0.15) is 31.2 Å². The van der Waals surface area contributed by atoms with Gasteiger partial charge in [-0.25, -0.2) is 13.4 Å². The summed E-state index contributed by atoms with van der Waals surface area (Å²) >= 11 is 5.94. The number of anilines is 2. The highest BCUT2D eigenvalue weighted by atomic mass is 35.5. The lowest BCUT2D eigenvalue weighted by Gasteiger charge is -2.14. The van der Waals surface area contributed by atoms with Crippen LogP contribution in [0.3, 0.4) is 0 Å². The molecule has 128 valence electrons. The number of sulfonamides is 1. The van der Waals surface area contributed by atoms with E-state index in [2.05, 4.69) is 15.0 Å². The minimum absolute atomic E-state index is 0.166. The molecule has 1 fully saturated rings. The van der Waals surface area contributed by atoms with E-state index in [1.807, 2.05) is 6.07 Å². The summed E-state index contributed by atoms with van der Waals surface area (Å²) in [6.07, 6.45) is 6.50. The van der Waals surface area contributed by atoms with Gasteiger partial charge in [0, 0.05) is 11.1 Å². The Hall–Kier alpha value is -1.79. The third-order valence-electron chi connectivity index (χ3n) is 4.17. The third-order valence-corrected chi connectivity index (χ3v) is 5.94. The number of aryl methyl sites for hydroxylation is 1. The molecule has 0 saturated heterocycles. The van der Waals surface area contributed by atoms with E-state index >= 15 is 0 Å². The summed E-state index contributed by atoms with van der Waals surface area (Å²) in [5.41, 5.74) is 1.62. The van der Waals surface area contributed by atoms with Crippen molar-refractivity contribution in [2.45, 2.75) is 43.5 Å². The van der Waals surface area contributed by atoms with E-state index in [1.165, 1.54) is 31.7 Å². The van der Waals surface area contributed by atoms with Gasteiger partial charge in [-0.15, -0.1) is 0 Å². The van der Waals surface area contributed by atoms with Gasteiger partial charge >= 0.3 is 0 Å². The summed E-state index contributed by atoms with van der Waals surface area (Å²) < 4.78 is 27.3. The molecule has 0 radical (unpaired) electrons. The van der Waals surface area contributed by atoms with E-state index in [0.717, 1.165) is 5.69 Å². The first-order valence-electron chi connectivity index (χ1n) is 7.95. The van der Waals surface area contributed by atoms with Crippen molar-refractivity contribution >= 4 is 33.1 Å². The van der Waals surface area contributed by atoms with Gasteiger partial charge in [0.15, 0.2) is 0 Å². The molecule has 1 aliphatic carbocycles. The zero-order valence-corrected chi connectivity index (χ0v) is 15.0. The Morgan fingerprint density at radius 1 is 1.17 bits per heavy atom. The molecule has 1 aliphatic rings. The average molecular weight is 366 g/mol.